The van der Waals surface area contributed by atoms with E-state index in [1.54, 1.807) is 61.8 Å². The van der Waals surface area contributed by atoms with Gasteiger partial charge in [-0.25, -0.2) is 66.8 Å². The van der Waals surface area contributed by atoms with Crippen molar-refractivity contribution in [3.8, 4) is 43.4 Å². The molecule has 0 unspecified atom stereocenters. The number of hydrogen-bond acceptors (Lipinski definition) is 18. The van der Waals surface area contributed by atoms with E-state index in [9.17, 15) is 27.2 Å². The van der Waals surface area contributed by atoms with Crippen LogP contribution in [-0.2, 0) is 0 Å². The molecule has 10 heterocycles. The molecular formula is C52H46F4N18O2S2. The van der Waals surface area contributed by atoms with Gasteiger partial charge in [-0.3, -0.25) is 18.4 Å². The number of fused-ring (bicyclic) bond motifs is 4. The molecule has 20 nitrogen and oxygen atoms in total. The molecule has 0 spiro atoms. The number of benzene rings is 2. The van der Waals surface area contributed by atoms with E-state index in [1.807, 2.05) is 0 Å². The number of aromatic nitrogens is 14. The zero-order chi connectivity index (χ0) is 53.1. The molecule has 0 aliphatic rings. The smallest absolute Gasteiger partial charge is 0.266 e. The van der Waals surface area contributed by atoms with E-state index in [0.717, 1.165) is 30.9 Å². The minimum absolute atomic E-state index is 0. The molecule has 10 aromatic heterocycles. The van der Waals surface area contributed by atoms with Gasteiger partial charge in [0.25, 0.3) is 11.1 Å². The van der Waals surface area contributed by atoms with E-state index >= 15 is 0 Å². The van der Waals surface area contributed by atoms with Crippen molar-refractivity contribution in [2.75, 3.05) is 36.2 Å². The number of thiazole rings is 2. The van der Waals surface area contributed by atoms with Crippen LogP contribution in [0.1, 0.15) is 52.2 Å². The van der Waals surface area contributed by atoms with Gasteiger partial charge < -0.3 is 22.1 Å². The second-order valence-electron chi connectivity index (χ2n) is 16.9. The zero-order valence-corrected chi connectivity index (χ0v) is 41.7. The van der Waals surface area contributed by atoms with E-state index in [2.05, 4.69) is 40.5 Å². The monoisotopic (exact) mass is 1090 g/mol. The van der Waals surface area contributed by atoms with Gasteiger partial charge in [-0.05, 0) is 73.5 Å². The van der Waals surface area contributed by atoms with Crippen molar-refractivity contribution >= 4 is 77.9 Å². The minimum atomic E-state index is -0.668. The molecule has 12 aromatic rings. The summed E-state index contributed by atoms with van der Waals surface area (Å²) in [5.41, 5.74) is 15.2. The third-order valence-corrected chi connectivity index (χ3v) is 14.4. The van der Waals surface area contributed by atoms with Crippen LogP contribution in [0.2, 0.25) is 0 Å². The van der Waals surface area contributed by atoms with Crippen molar-refractivity contribution in [2.45, 2.75) is 40.8 Å². The largest absolute Gasteiger partial charge is 0.383 e. The van der Waals surface area contributed by atoms with Gasteiger partial charge >= 0.3 is 0 Å². The zero-order valence-electron chi connectivity index (χ0n) is 40.1. The highest BCUT2D eigenvalue weighted by atomic mass is 32.1. The van der Waals surface area contributed by atoms with Crippen LogP contribution < -0.4 is 33.2 Å². The Balaban J connectivity index is 0.000000185. The molecule has 0 aliphatic heterocycles. The average molecular weight is 1100 g/mol. The summed E-state index contributed by atoms with van der Waals surface area (Å²) in [5, 5.41) is 18.1. The Morgan fingerprint density at radius 2 is 0.962 bits per heavy atom. The van der Waals surface area contributed by atoms with Crippen LogP contribution in [0.5, 0.6) is 0 Å². The second kappa shape index (κ2) is 21.2. The van der Waals surface area contributed by atoms with Crippen LogP contribution in [0.4, 0.5) is 39.5 Å². The standard InChI is InChI=1S/2C25H19F2N9OS.2CH4/c2*1-12(36-23-19(22(28)31-11-32-23)21(34-36)16-9-30-25(29-2)38-16)20-18(13-4-3-5-14(26)8-13)24(37)35-10-15(27)6-7-17(35)33-20;;/h2*3-12H,1-2H3,(H,29,30)(H2,28,31,32);2*1H4/t2*12-;;/m10../s1. The molecule has 12 rings (SSSR count). The second-order valence-corrected chi connectivity index (χ2v) is 19.0. The maximum Gasteiger partial charge on any atom is 0.266 e. The third-order valence-electron chi connectivity index (χ3n) is 12.3. The van der Waals surface area contributed by atoms with Crippen LogP contribution >= 0.6 is 22.7 Å². The lowest BCUT2D eigenvalue weighted by atomic mass is 10.0. The fourth-order valence-electron chi connectivity index (χ4n) is 8.80. The highest BCUT2D eigenvalue weighted by molar-refractivity contribution is 7.19. The van der Waals surface area contributed by atoms with E-state index in [4.69, 9.17) is 31.6 Å². The molecule has 0 amide bonds. The molecule has 396 valence electrons. The highest BCUT2D eigenvalue weighted by Crippen LogP contribution is 2.40. The molecule has 2 aromatic carbocycles. The quantitative estimate of drug-likeness (QED) is 0.0930. The molecule has 6 N–H and O–H groups in total. The van der Waals surface area contributed by atoms with Crippen molar-refractivity contribution in [1.29, 1.82) is 0 Å². The number of pyridine rings is 2. The van der Waals surface area contributed by atoms with Crippen molar-refractivity contribution in [3.05, 3.63) is 166 Å². The fourth-order valence-corrected chi connectivity index (χ4v) is 10.3. The fraction of sp³-hybridized carbons (Fsp3) is 0.154. The van der Waals surface area contributed by atoms with Gasteiger partial charge in [0, 0.05) is 38.9 Å². The van der Waals surface area contributed by atoms with Crippen molar-refractivity contribution in [3.63, 3.8) is 0 Å². The Hall–Kier alpha value is -9.56. The van der Waals surface area contributed by atoms with Gasteiger partial charge in [0.05, 0.1) is 55.1 Å². The van der Waals surface area contributed by atoms with Crippen LogP contribution in [-0.4, -0.2) is 82.3 Å². The highest BCUT2D eigenvalue weighted by Gasteiger charge is 2.29. The summed E-state index contributed by atoms with van der Waals surface area (Å²) in [6, 6.07) is 15.2. The SMILES string of the molecule is C.C.CNc1ncc(-c2nn([C@@H](C)c3nc4ccc(F)cn4c(=O)c3-c3cccc(F)c3)c3ncnc(N)c23)s1.CNc1ncc(-c2nn([C@H](C)c3nc4ccc(F)cn4c(=O)c3-c3cccc(F)c3)c3ncnc(N)c23)s1. The Morgan fingerprint density at radius 1 is 0.551 bits per heavy atom. The lowest BCUT2D eigenvalue weighted by molar-refractivity contribution is 0.566. The molecule has 0 bridgehead atoms. The molecule has 0 saturated heterocycles. The van der Waals surface area contributed by atoms with Gasteiger partial charge in [-0.15, -0.1) is 0 Å². The Bertz CT molecular complexity index is 4100. The van der Waals surface area contributed by atoms with E-state index in [-0.39, 0.29) is 48.9 Å². The summed E-state index contributed by atoms with van der Waals surface area (Å²) in [5.74, 6) is -1.79. The number of halogens is 4. The van der Waals surface area contributed by atoms with E-state index in [1.165, 1.54) is 96.0 Å². The molecule has 78 heavy (non-hydrogen) atoms. The number of nitrogen functional groups attached to an aromatic ring is 2. The number of hydrogen-bond donors (Lipinski definition) is 4. The topological polar surface area (TPSA) is 258 Å². The molecule has 0 fully saturated rings. The summed E-state index contributed by atoms with van der Waals surface area (Å²) >= 11 is 2.76. The first-order valence-electron chi connectivity index (χ1n) is 22.9. The average Bonchev–Trinajstić information content (AvgIpc) is 4.37. The first kappa shape index (κ1) is 53.3. The molecular weight excluding hydrogens is 1050 g/mol. The lowest BCUT2D eigenvalue weighted by Gasteiger charge is -2.18. The lowest BCUT2D eigenvalue weighted by Crippen LogP contribution is -2.23. The maximum atomic E-state index is 14.2. The van der Waals surface area contributed by atoms with Gasteiger partial charge in [-0.1, -0.05) is 61.8 Å². The number of nitrogens with zero attached hydrogens (tertiary/aromatic N) is 14. The van der Waals surface area contributed by atoms with Crippen molar-refractivity contribution in [1.82, 2.24) is 68.2 Å². The van der Waals surface area contributed by atoms with Crippen LogP contribution in [0.3, 0.4) is 0 Å². The molecule has 0 aliphatic carbocycles. The first-order valence-corrected chi connectivity index (χ1v) is 24.5. The van der Waals surface area contributed by atoms with Crippen LogP contribution in [0.15, 0.2) is 120 Å². The first-order chi connectivity index (χ1) is 36.7. The predicted molar refractivity (Wildman–Crippen MR) is 295 cm³/mol. The molecule has 2 atom stereocenters. The number of anilines is 4. The maximum absolute atomic E-state index is 14.2. The Kier molecular flexibility index (Phi) is 14.5. The van der Waals surface area contributed by atoms with Crippen molar-refractivity contribution < 1.29 is 17.6 Å². The van der Waals surface area contributed by atoms with E-state index in [0.29, 0.717) is 66.2 Å². The third kappa shape index (κ3) is 9.35. The summed E-state index contributed by atoms with van der Waals surface area (Å²) in [6.07, 6.45) is 8.12. The van der Waals surface area contributed by atoms with Gasteiger partial charge in [0.1, 0.15) is 70.2 Å². The summed E-state index contributed by atoms with van der Waals surface area (Å²) in [6.45, 7) is 3.59. The summed E-state index contributed by atoms with van der Waals surface area (Å²) < 4.78 is 62.0. The van der Waals surface area contributed by atoms with Crippen molar-refractivity contribution in [2.24, 2.45) is 0 Å². The predicted octanol–water partition coefficient (Wildman–Crippen LogP) is 9.54. The molecule has 0 radical (unpaired) electrons. The molecule has 26 heteroatoms. The Labute approximate surface area is 447 Å². The number of rotatable bonds is 10. The normalized spacial score (nSPS) is 12.0. The van der Waals surface area contributed by atoms with Crippen LogP contribution in [0, 0.1) is 23.3 Å². The summed E-state index contributed by atoms with van der Waals surface area (Å²) in [7, 11) is 3.53. The van der Waals surface area contributed by atoms with Gasteiger partial charge in [-0.2, -0.15) is 10.2 Å². The summed E-state index contributed by atoms with van der Waals surface area (Å²) in [4.78, 5) is 64.0. The number of nitrogens with one attached hydrogen (secondary N) is 2. The molecule has 0 saturated carbocycles. The van der Waals surface area contributed by atoms with Gasteiger partial charge in [0.15, 0.2) is 21.6 Å². The van der Waals surface area contributed by atoms with Crippen LogP contribution in [0.25, 0.3) is 76.8 Å². The number of nitrogens with two attached hydrogens (primary N) is 2. The van der Waals surface area contributed by atoms with E-state index < -0.39 is 46.5 Å². The Morgan fingerprint density at radius 3 is 1.33 bits per heavy atom. The van der Waals surface area contributed by atoms with Gasteiger partial charge in [0.2, 0.25) is 0 Å². The minimum Gasteiger partial charge on any atom is -0.383 e.